The molecule has 0 radical (unpaired) electrons. The van der Waals surface area contributed by atoms with Crippen molar-refractivity contribution in [3.8, 4) is 0 Å². The molecule has 4 nitrogen and oxygen atoms in total. The lowest BCUT2D eigenvalue weighted by Crippen LogP contribution is -2.47. The maximum absolute atomic E-state index is 12.0. The summed E-state index contributed by atoms with van der Waals surface area (Å²) in [5, 5.41) is 3.41. The number of nitrogens with two attached hydrogens (primary N) is 1. The first-order chi connectivity index (χ1) is 9.20. The molecule has 1 heterocycles. The maximum atomic E-state index is 12.0. The summed E-state index contributed by atoms with van der Waals surface area (Å²) in [7, 11) is 0. The second-order valence-corrected chi connectivity index (χ2v) is 5.29. The molecule has 0 bridgehead atoms. The average molecular weight is 318 g/mol. The lowest BCUT2D eigenvalue weighted by Gasteiger charge is -2.34. The Morgan fingerprint density at radius 3 is 2.85 bits per heavy atom. The Kier molecular flexibility index (Phi) is 7.30. The fourth-order valence-corrected chi connectivity index (χ4v) is 2.65. The molecule has 112 valence electrons. The number of amides is 1. The standard InChI is InChI=1S/C14H20ClN3O.ClH/c15-12-6-1-2-7-13(12)17-14(19)10-18-8-4-3-5-11(18)9-16;/h1-2,6-7,11H,3-5,8-10,16H2,(H,17,19);1H. The Morgan fingerprint density at radius 1 is 1.40 bits per heavy atom. The molecule has 1 fully saturated rings. The fourth-order valence-electron chi connectivity index (χ4n) is 2.47. The monoisotopic (exact) mass is 317 g/mol. The van der Waals surface area contributed by atoms with Gasteiger partial charge in [-0.25, -0.2) is 0 Å². The molecular formula is C14H21Cl2N3O. The number of rotatable bonds is 4. The van der Waals surface area contributed by atoms with Crippen LogP contribution in [0.5, 0.6) is 0 Å². The minimum Gasteiger partial charge on any atom is -0.329 e. The van der Waals surface area contributed by atoms with Crippen LogP contribution < -0.4 is 11.1 Å². The molecule has 3 N–H and O–H groups in total. The average Bonchev–Trinajstić information content (AvgIpc) is 2.42. The number of nitrogens with one attached hydrogen (secondary N) is 1. The second kappa shape index (κ2) is 8.47. The first kappa shape index (κ1) is 17.2. The number of carbonyl (C=O) groups is 1. The lowest BCUT2D eigenvalue weighted by molar-refractivity contribution is -0.118. The van der Waals surface area contributed by atoms with Gasteiger partial charge in [0.15, 0.2) is 0 Å². The molecule has 0 aromatic heterocycles. The number of carbonyl (C=O) groups excluding carboxylic acids is 1. The Hall–Kier alpha value is -0.810. The normalized spacial score (nSPS) is 19.2. The van der Waals surface area contributed by atoms with Crippen LogP contribution in [0.15, 0.2) is 24.3 Å². The predicted molar refractivity (Wildman–Crippen MR) is 85.6 cm³/mol. The van der Waals surface area contributed by atoms with Gasteiger partial charge in [-0.1, -0.05) is 30.2 Å². The molecule has 0 spiro atoms. The van der Waals surface area contributed by atoms with Crippen molar-refractivity contribution < 1.29 is 4.79 Å². The van der Waals surface area contributed by atoms with Crippen LogP contribution >= 0.6 is 24.0 Å². The van der Waals surface area contributed by atoms with Crippen molar-refractivity contribution in [1.29, 1.82) is 0 Å². The molecule has 1 unspecified atom stereocenters. The maximum Gasteiger partial charge on any atom is 0.238 e. The van der Waals surface area contributed by atoms with Gasteiger partial charge in [0, 0.05) is 12.6 Å². The highest BCUT2D eigenvalue weighted by atomic mass is 35.5. The summed E-state index contributed by atoms with van der Waals surface area (Å²) in [6.07, 6.45) is 3.41. The first-order valence-corrected chi connectivity index (χ1v) is 7.07. The minimum atomic E-state index is -0.0338. The highest BCUT2D eigenvalue weighted by Crippen LogP contribution is 2.21. The smallest absolute Gasteiger partial charge is 0.238 e. The molecular weight excluding hydrogens is 297 g/mol. The highest BCUT2D eigenvalue weighted by Gasteiger charge is 2.23. The zero-order chi connectivity index (χ0) is 13.7. The van der Waals surface area contributed by atoms with E-state index in [1.54, 1.807) is 12.1 Å². The van der Waals surface area contributed by atoms with E-state index in [4.69, 9.17) is 17.3 Å². The third-order valence-corrected chi connectivity index (χ3v) is 3.85. The number of anilines is 1. The van der Waals surface area contributed by atoms with Crippen LogP contribution in [0.4, 0.5) is 5.69 Å². The number of hydrogen-bond acceptors (Lipinski definition) is 3. The van der Waals surface area contributed by atoms with E-state index in [1.165, 1.54) is 6.42 Å². The van der Waals surface area contributed by atoms with E-state index in [2.05, 4.69) is 10.2 Å². The van der Waals surface area contributed by atoms with Crippen molar-refractivity contribution in [3.63, 3.8) is 0 Å². The van der Waals surface area contributed by atoms with Crippen molar-refractivity contribution in [1.82, 2.24) is 4.90 Å². The van der Waals surface area contributed by atoms with Crippen LogP contribution in [0.1, 0.15) is 19.3 Å². The van der Waals surface area contributed by atoms with Crippen LogP contribution in [0.3, 0.4) is 0 Å². The number of halogens is 2. The second-order valence-electron chi connectivity index (χ2n) is 4.88. The molecule has 1 atom stereocenters. The van der Waals surface area contributed by atoms with E-state index in [0.717, 1.165) is 19.4 Å². The summed E-state index contributed by atoms with van der Waals surface area (Å²) in [4.78, 5) is 14.2. The zero-order valence-electron chi connectivity index (χ0n) is 11.3. The van der Waals surface area contributed by atoms with Gasteiger partial charge >= 0.3 is 0 Å². The molecule has 6 heteroatoms. The highest BCUT2D eigenvalue weighted by molar-refractivity contribution is 6.33. The van der Waals surface area contributed by atoms with E-state index >= 15 is 0 Å². The summed E-state index contributed by atoms with van der Waals surface area (Å²) < 4.78 is 0. The van der Waals surface area contributed by atoms with Crippen molar-refractivity contribution >= 4 is 35.6 Å². The Balaban J connectivity index is 0.00000200. The Bertz CT molecular complexity index is 442. The molecule has 1 saturated heterocycles. The topological polar surface area (TPSA) is 58.4 Å². The summed E-state index contributed by atoms with van der Waals surface area (Å²) >= 11 is 6.02. The molecule has 0 aliphatic carbocycles. The van der Waals surface area contributed by atoms with E-state index in [0.29, 0.717) is 29.8 Å². The SMILES string of the molecule is Cl.NCC1CCCCN1CC(=O)Nc1ccccc1Cl. The van der Waals surface area contributed by atoms with Crippen molar-refractivity contribution in [2.75, 3.05) is 25.0 Å². The number of likely N-dealkylation sites (tertiary alicyclic amines) is 1. The lowest BCUT2D eigenvalue weighted by atomic mass is 10.0. The van der Waals surface area contributed by atoms with Gasteiger partial charge < -0.3 is 11.1 Å². The van der Waals surface area contributed by atoms with Gasteiger partial charge in [-0.2, -0.15) is 0 Å². The van der Waals surface area contributed by atoms with Gasteiger partial charge in [-0.3, -0.25) is 9.69 Å². The predicted octanol–water partition coefficient (Wildman–Crippen LogP) is 2.51. The van der Waals surface area contributed by atoms with E-state index in [-0.39, 0.29) is 18.3 Å². The van der Waals surface area contributed by atoms with Crippen LogP contribution in [0.2, 0.25) is 5.02 Å². The number of nitrogens with zero attached hydrogens (tertiary/aromatic N) is 1. The van der Waals surface area contributed by atoms with Crippen LogP contribution in [0, 0.1) is 0 Å². The molecule has 1 aliphatic rings. The summed E-state index contributed by atoms with van der Waals surface area (Å²) in [5.74, 6) is -0.0338. The minimum absolute atomic E-state index is 0. The van der Waals surface area contributed by atoms with Crippen LogP contribution in [0.25, 0.3) is 0 Å². The van der Waals surface area contributed by atoms with E-state index in [1.807, 2.05) is 12.1 Å². The van der Waals surface area contributed by atoms with Crippen molar-refractivity contribution in [3.05, 3.63) is 29.3 Å². The summed E-state index contributed by atoms with van der Waals surface area (Å²) in [6, 6.07) is 7.58. The number of benzene rings is 1. The molecule has 1 amide bonds. The van der Waals surface area contributed by atoms with Gasteiger partial charge in [0.25, 0.3) is 0 Å². The van der Waals surface area contributed by atoms with Gasteiger partial charge in [0.2, 0.25) is 5.91 Å². The number of para-hydroxylation sites is 1. The van der Waals surface area contributed by atoms with Gasteiger partial charge in [-0.05, 0) is 31.5 Å². The van der Waals surface area contributed by atoms with Crippen LogP contribution in [-0.4, -0.2) is 36.5 Å². The Morgan fingerprint density at radius 2 is 2.15 bits per heavy atom. The molecule has 1 aromatic carbocycles. The fraction of sp³-hybridized carbons (Fsp3) is 0.500. The molecule has 20 heavy (non-hydrogen) atoms. The third-order valence-electron chi connectivity index (χ3n) is 3.52. The van der Waals surface area contributed by atoms with E-state index in [9.17, 15) is 4.79 Å². The summed E-state index contributed by atoms with van der Waals surface area (Å²) in [6.45, 7) is 1.93. The quantitative estimate of drug-likeness (QED) is 0.897. The third kappa shape index (κ3) is 4.63. The molecule has 1 aromatic rings. The van der Waals surface area contributed by atoms with Crippen molar-refractivity contribution in [2.24, 2.45) is 5.73 Å². The largest absolute Gasteiger partial charge is 0.329 e. The van der Waals surface area contributed by atoms with Gasteiger partial charge in [-0.15, -0.1) is 12.4 Å². The molecule has 1 aliphatic heterocycles. The summed E-state index contributed by atoms with van der Waals surface area (Å²) in [5.41, 5.74) is 6.41. The van der Waals surface area contributed by atoms with Crippen molar-refractivity contribution in [2.45, 2.75) is 25.3 Å². The number of hydrogen-bond donors (Lipinski definition) is 2. The molecule has 2 rings (SSSR count). The number of piperidine rings is 1. The molecule has 0 saturated carbocycles. The van der Waals surface area contributed by atoms with Gasteiger partial charge in [0.05, 0.1) is 17.3 Å². The van der Waals surface area contributed by atoms with E-state index < -0.39 is 0 Å². The van der Waals surface area contributed by atoms with Crippen LogP contribution in [-0.2, 0) is 4.79 Å². The van der Waals surface area contributed by atoms with Gasteiger partial charge in [0.1, 0.15) is 0 Å². The Labute approximate surface area is 131 Å². The first-order valence-electron chi connectivity index (χ1n) is 6.69. The zero-order valence-corrected chi connectivity index (χ0v) is 12.9.